The molecule has 0 radical (unpaired) electrons. The van der Waals surface area contributed by atoms with Crippen LogP contribution < -0.4 is 11.1 Å². The predicted octanol–water partition coefficient (Wildman–Crippen LogP) is 2.95. The average molecular weight is 408 g/mol. The van der Waals surface area contributed by atoms with Crippen molar-refractivity contribution in [2.45, 2.75) is 51.1 Å². The maximum Gasteiger partial charge on any atom is 0.251 e. The summed E-state index contributed by atoms with van der Waals surface area (Å²) in [6.07, 6.45) is 2.81. The number of anilines is 1. The summed E-state index contributed by atoms with van der Waals surface area (Å²) in [6.45, 7) is 6.31. The number of aromatic nitrogens is 3. The van der Waals surface area contributed by atoms with Crippen LogP contribution in [0.2, 0.25) is 0 Å². The Labute approximate surface area is 167 Å². The third-order valence-electron chi connectivity index (χ3n) is 4.73. The number of primary amides is 1. The summed E-state index contributed by atoms with van der Waals surface area (Å²) in [5, 5.41) is 12.5. The summed E-state index contributed by atoms with van der Waals surface area (Å²) in [5.41, 5.74) is 7.10. The molecule has 0 saturated heterocycles. The number of fused-ring (bicyclic) bond motifs is 1. The number of rotatable bonds is 6. The van der Waals surface area contributed by atoms with Crippen LogP contribution in [-0.2, 0) is 24.7 Å². The summed E-state index contributed by atoms with van der Waals surface area (Å²) in [7, 11) is 1.90. The van der Waals surface area contributed by atoms with E-state index in [2.05, 4.69) is 36.3 Å². The van der Waals surface area contributed by atoms with Crippen LogP contribution >= 0.6 is 23.1 Å². The van der Waals surface area contributed by atoms with E-state index in [4.69, 9.17) is 5.73 Å². The molecule has 0 aliphatic heterocycles. The van der Waals surface area contributed by atoms with Gasteiger partial charge in [0.05, 0.1) is 11.3 Å². The molecule has 146 valence electrons. The number of carbonyl (C=O) groups excluding carboxylic acids is 2. The molecule has 0 saturated carbocycles. The van der Waals surface area contributed by atoms with E-state index in [-0.39, 0.29) is 17.6 Å². The normalized spacial score (nSPS) is 16.4. The van der Waals surface area contributed by atoms with Crippen molar-refractivity contribution >= 4 is 39.9 Å². The van der Waals surface area contributed by atoms with Crippen molar-refractivity contribution in [2.24, 2.45) is 18.7 Å². The van der Waals surface area contributed by atoms with Gasteiger partial charge in [0, 0.05) is 17.8 Å². The molecule has 3 rings (SSSR count). The first-order chi connectivity index (χ1) is 12.8. The molecule has 0 spiro atoms. The van der Waals surface area contributed by atoms with Crippen molar-refractivity contribution < 1.29 is 9.59 Å². The van der Waals surface area contributed by atoms with Gasteiger partial charge < -0.3 is 15.6 Å². The van der Waals surface area contributed by atoms with Crippen LogP contribution in [0, 0.1) is 5.92 Å². The molecule has 27 heavy (non-hydrogen) atoms. The number of nitrogens with one attached hydrogen (secondary N) is 1. The number of carbonyl (C=O) groups is 2. The standard InChI is InChI=1S/C18H25N5O2S2/c1-9(2)16-21-22-18(23(16)4)26-8-13(24)20-17-14(15(19)25)11-6-5-10(3)7-12(11)27-17/h9-10H,5-8H2,1-4H3,(H2,19,25)(H,20,24). The lowest BCUT2D eigenvalue weighted by Gasteiger charge is -2.18. The highest BCUT2D eigenvalue weighted by atomic mass is 32.2. The van der Waals surface area contributed by atoms with Gasteiger partial charge in [0.1, 0.15) is 10.8 Å². The smallest absolute Gasteiger partial charge is 0.251 e. The molecule has 2 aromatic rings. The van der Waals surface area contributed by atoms with Crippen molar-refractivity contribution in [3.63, 3.8) is 0 Å². The zero-order valence-corrected chi connectivity index (χ0v) is 17.7. The van der Waals surface area contributed by atoms with Crippen LogP contribution in [-0.4, -0.2) is 32.3 Å². The number of thiophene rings is 1. The quantitative estimate of drug-likeness (QED) is 0.717. The van der Waals surface area contributed by atoms with Crippen LogP contribution in [0.4, 0.5) is 5.00 Å². The first-order valence-electron chi connectivity index (χ1n) is 9.04. The third kappa shape index (κ3) is 4.19. The molecule has 2 heterocycles. The van der Waals surface area contributed by atoms with Gasteiger partial charge in [0.2, 0.25) is 5.91 Å². The van der Waals surface area contributed by atoms with Gasteiger partial charge in [0.15, 0.2) is 5.16 Å². The Kier molecular flexibility index (Phi) is 5.90. The van der Waals surface area contributed by atoms with Gasteiger partial charge in [0.25, 0.3) is 5.91 Å². The maximum atomic E-state index is 12.5. The topological polar surface area (TPSA) is 103 Å². The van der Waals surface area contributed by atoms with Gasteiger partial charge >= 0.3 is 0 Å². The Bertz CT molecular complexity index is 871. The molecule has 1 aliphatic rings. The van der Waals surface area contributed by atoms with E-state index < -0.39 is 5.91 Å². The largest absolute Gasteiger partial charge is 0.365 e. The molecule has 9 heteroatoms. The Morgan fingerprint density at radius 2 is 2.15 bits per heavy atom. The lowest BCUT2D eigenvalue weighted by Crippen LogP contribution is -2.20. The van der Waals surface area contributed by atoms with E-state index in [1.807, 2.05) is 11.6 Å². The Morgan fingerprint density at radius 1 is 1.41 bits per heavy atom. The van der Waals surface area contributed by atoms with Crippen molar-refractivity contribution in [2.75, 3.05) is 11.1 Å². The lowest BCUT2D eigenvalue weighted by atomic mass is 9.88. The first-order valence-corrected chi connectivity index (χ1v) is 10.8. The second-order valence-corrected chi connectivity index (χ2v) is 9.36. The minimum Gasteiger partial charge on any atom is -0.365 e. The van der Waals surface area contributed by atoms with E-state index in [1.54, 1.807) is 0 Å². The number of thioether (sulfide) groups is 1. The minimum absolute atomic E-state index is 0.178. The molecule has 0 fully saturated rings. The second-order valence-electron chi connectivity index (χ2n) is 7.31. The molecular weight excluding hydrogens is 382 g/mol. The zero-order chi connectivity index (χ0) is 19.7. The molecule has 2 aromatic heterocycles. The van der Waals surface area contributed by atoms with Gasteiger partial charge in [-0.2, -0.15) is 0 Å². The van der Waals surface area contributed by atoms with E-state index in [0.717, 1.165) is 30.7 Å². The van der Waals surface area contributed by atoms with Gasteiger partial charge in [-0.05, 0) is 30.7 Å². The van der Waals surface area contributed by atoms with E-state index in [1.165, 1.54) is 28.0 Å². The minimum atomic E-state index is -0.472. The zero-order valence-electron chi connectivity index (χ0n) is 16.0. The summed E-state index contributed by atoms with van der Waals surface area (Å²) in [5.74, 6) is 1.28. The number of nitrogens with two attached hydrogens (primary N) is 1. The summed E-state index contributed by atoms with van der Waals surface area (Å²) in [6, 6.07) is 0. The number of nitrogens with zero attached hydrogens (tertiary/aromatic N) is 3. The van der Waals surface area contributed by atoms with E-state index in [9.17, 15) is 9.59 Å². The predicted molar refractivity (Wildman–Crippen MR) is 108 cm³/mol. The monoisotopic (exact) mass is 407 g/mol. The van der Waals surface area contributed by atoms with Crippen molar-refractivity contribution in [3.05, 3.63) is 21.8 Å². The van der Waals surface area contributed by atoms with Crippen LogP contribution in [0.3, 0.4) is 0 Å². The molecule has 1 aliphatic carbocycles. The highest BCUT2D eigenvalue weighted by Crippen LogP contribution is 2.39. The van der Waals surface area contributed by atoms with Crippen LogP contribution in [0.1, 0.15) is 59.7 Å². The number of amides is 2. The molecule has 2 amide bonds. The second kappa shape index (κ2) is 8.02. The molecule has 1 unspecified atom stereocenters. The third-order valence-corrected chi connectivity index (χ3v) is 6.92. The summed E-state index contributed by atoms with van der Waals surface area (Å²) in [4.78, 5) is 25.6. The Balaban J connectivity index is 1.70. The first kappa shape index (κ1) is 19.9. The van der Waals surface area contributed by atoms with E-state index in [0.29, 0.717) is 21.6 Å². The molecule has 0 bridgehead atoms. The number of hydrogen-bond donors (Lipinski definition) is 2. The fraction of sp³-hybridized carbons (Fsp3) is 0.556. The van der Waals surface area contributed by atoms with Gasteiger partial charge in [-0.25, -0.2) is 0 Å². The van der Waals surface area contributed by atoms with Crippen molar-refractivity contribution in [3.8, 4) is 0 Å². The van der Waals surface area contributed by atoms with Gasteiger partial charge in [-0.3, -0.25) is 9.59 Å². The fourth-order valence-corrected chi connectivity index (χ4v) is 5.50. The maximum absolute atomic E-state index is 12.5. The Hall–Kier alpha value is -1.87. The molecular formula is C18H25N5O2S2. The molecule has 7 nitrogen and oxygen atoms in total. The van der Waals surface area contributed by atoms with Crippen molar-refractivity contribution in [1.82, 2.24) is 14.8 Å². The fourth-order valence-electron chi connectivity index (χ4n) is 3.35. The van der Waals surface area contributed by atoms with Gasteiger partial charge in [-0.15, -0.1) is 21.5 Å². The summed E-state index contributed by atoms with van der Waals surface area (Å²) < 4.78 is 1.91. The number of hydrogen-bond acceptors (Lipinski definition) is 6. The Morgan fingerprint density at radius 3 is 2.78 bits per heavy atom. The van der Waals surface area contributed by atoms with Crippen LogP contribution in [0.5, 0.6) is 0 Å². The average Bonchev–Trinajstić information content (AvgIpc) is 3.12. The van der Waals surface area contributed by atoms with Crippen LogP contribution in [0.25, 0.3) is 0 Å². The SMILES string of the molecule is CC1CCc2c(sc(NC(=O)CSc3nnc(C(C)C)n3C)c2C(N)=O)C1. The molecule has 0 aromatic carbocycles. The highest BCUT2D eigenvalue weighted by molar-refractivity contribution is 7.99. The van der Waals surface area contributed by atoms with Gasteiger partial charge in [-0.1, -0.05) is 32.5 Å². The molecule has 3 N–H and O–H groups in total. The highest BCUT2D eigenvalue weighted by Gasteiger charge is 2.27. The van der Waals surface area contributed by atoms with Crippen molar-refractivity contribution in [1.29, 1.82) is 0 Å². The van der Waals surface area contributed by atoms with Crippen LogP contribution in [0.15, 0.2) is 5.16 Å². The summed E-state index contributed by atoms with van der Waals surface area (Å²) >= 11 is 2.81. The van der Waals surface area contributed by atoms with E-state index >= 15 is 0 Å². The molecule has 1 atom stereocenters. The lowest BCUT2D eigenvalue weighted by molar-refractivity contribution is -0.113.